The molecule has 0 aromatic carbocycles. The van der Waals surface area contributed by atoms with Crippen LogP contribution in [-0.2, 0) is 5.60 Å². The highest BCUT2D eigenvalue weighted by Crippen LogP contribution is 2.52. The maximum atomic E-state index is 11.0. The molecule has 2 nitrogen and oxygen atoms in total. The lowest BCUT2D eigenvalue weighted by Crippen LogP contribution is -2.44. The van der Waals surface area contributed by atoms with E-state index in [1.54, 1.807) is 11.3 Å². The van der Waals surface area contributed by atoms with Gasteiger partial charge in [-0.1, -0.05) is 6.92 Å². The first-order valence-electron chi connectivity index (χ1n) is 6.61. The van der Waals surface area contributed by atoms with E-state index in [-0.39, 0.29) is 0 Å². The molecule has 1 fully saturated rings. The van der Waals surface area contributed by atoms with Crippen molar-refractivity contribution in [3.63, 3.8) is 0 Å². The Morgan fingerprint density at radius 3 is 2.56 bits per heavy atom. The minimum atomic E-state index is -1.03. The van der Waals surface area contributed by atoms with E-state index in [0.717, 1.165) is 36.1 Å². The van der Waals surface area contributed by atoms with Crippen LogP contribution in [-0.4, -0.2) is 5.11 Å². The molecule has 0 radical (unpaired) electrons. The molecule has 0 bridgehead atoms. The van der Waals surface area contributed by atoms with Gasteiger partial charge in [0.05, 0.1) is 11.5 Å². The molecule has 1 atom stereocenters. The molecular weight excluding hydrogens is 242 g/mol. The van der Waals surface area contributed by atoms with Gasteiger partial charge >= 0.3 is 0 Å². The Morgan fingerprint density at radius 2 is 2.11 bits per heavy atom. The van der Waals surface area contributed by atoms with Gasteiger partial charge in [0, 0.05) is 4.88 Å². The summed E-state index contributed by atoms with van der Waals surface area (Å²) in [5, 5.41) is 22.6. The number of aryl methyl sites for hydroxylation is 1. The highest BCUT2D eigenvalue weighted by atomic mass is 32.1. The van der Waals surface area contributed by atoms with Crippen LogP contribution in [0.25, 0.3) is 0 Å². The number of hydrogen-bond acceptors (Lipinski definition) is 3. The molecule has 2 rings (SSSR count). The Balaban J connectivity index is 2.39. The van der Waals surface area contributed by atoms with Crippen LogP contribution in [0.5, 0.6) is 0 Å². The number of nitrogens with zero attached hydrogens (tertiary/aromatic N) is 1. The van der Waals surface area contributed by atoms with Crippen LogP contribution in [0.2, 0.25) is 0 Å². The number of rotatable bonds is 2. The first-order valence-corrected chi connectivity index (χ1v) is 7.49. The van der Waals surface area contributed by atoms with Crippen molar-refractivity contribution >= 4 is 11.3 Å². The standard InChI is InChI=1S/C15H21NOS/c1-11-4-7-15(10-16,8-5-11)14(3,17)13-12(2)6-9-18-13/h6,9,11,17H,4-5,7-8H2,1-3H3. The molecule has 98 valence electrons. The van der Waals surface area contributed by atoms with Crippen molar-refractivity contribution in [1.82, 2.24) is 0 Å². The summed E-state index contributed by atoms with van der Waals surface area (Å²) in [5.74, 6) is 0.673. The average molecular weight is 263 g/mol. The summed E-state index contributed by atoms with van der Waals surface area (Å²) in [6.45, 7) is 6.06. The van der Waals surface area contributed by atoms with E-state index in [1.807, 2.05) is 25.3 Å². The van der Waals surface area contributed by atoms with E-state index in [1.165, 1.54) is 0 Å². The smallest absolute Gasteiger partial charge is 0.115 e. The van der Waals surface area contributed by atoms with Crippen molar-refractivity contribution in [2.45, 2.75) is 52.1 Å². The summed E-state index contributed by atoms with van der Waals surface area (Å²) in [4.78, 5) is 0.957. The van der Waals surface area contributed by atoms with E-state index in [4.69, 9.17) is 0 Å². The Bertz CT molecular complexity index is 461. The fourth-order valence-corrected chi connectivity index (χ4v) is 4.14. The second-order valence-corrected chi connectivity index (χ2v) is 6.80. The fraction of sp³-hybridized carbons (Fsp3) is 0.667. The number of aliphatic hydroxyl groups is 1. The van der Waals surface area contributed by atoms with Gasteiger partial charge in [-0.25, -0.2) is 0 Å². The molecule has 1 aromatic heterocycles. The quantitative estimate of drug-likeness (QED) is 0.877. The lowest BCUT2D eigenvalue weighted by atomic mass is 9.62. The zero-order valence-electron chi connectivity index (χ0n) is 11.4. The van der Waals surface area contributed by atoms with Crippen molar-refractivity contribution in [3.05, 3.63) is 21.9 Å². The van der Waals surface area contributed by atoms with Gasteiger partial charge in [0.15, 0.2) is 0 Å². The van der Waals surface area contributed by atoms with Crippen LogP contribution >= 0.6 is 11.3 Å². The van der Waals surface area contributed by atoms with Crippen molar-refractivity contribution < 1.29 is 5.11 Å². The normalized spacial score (nSPS) is 31.6. The average Bonchev–Trinajstić information content (AvgIpc) is 2.77. The SMILES string of the molecule is Cc1ccsc1C(C)(O)C1(C#N)CCC(C)CC1. The van der Waals surface area contributed by atoms with E-state index in [9.17, 15) is 10.4 Å². The first-order chi connectivity index (χ1) is 8.43. The van der Waals surface area contributed by atoms with Gasteiger partial charge in [-0.15, -0.1) is 11.3 Å². The third-order valence-corrected chi connectivity index (χ3v) is 5.81. The number of hydrogen-bond donors (Lipinski definition) is 1. The summed E-state index contributed by atoms with van der Waals surface area (Å²) >= 11 is 1.56. The Morgan fingerprint density at radius 1 is 1.50 bits per heavy atom. The molecule has 0 spiro atoms. The van der Waals surface area contributed by atoms with Crippen LogP contribution in [0.1, 0.15) is 50.0 Å². The zero-order chi connectivity index (χ0) is 13.4. The zero-order valence-corrected chi connectivity index (χ0v) is 12.2. The van der Waals surface area contributed by atoms with Crippen molar-refractivity contribution in [2.24, 2.45) is 11.3 Å². The van der Waals surface area contributed by atoms with Gasteiger partial charge in [0.2, 0.25) is 0 Å². The van der Waals surface area contributed by atoms with Crippen molar-refractivity contribution in [1.29, 1.82) is 5.26 Å². The molecule has 1 heterocycles. The molecule has 1 N–H and O–H groups in total. The predicted molar refractivity (Wildman–Crippen MR) is 74.3 cm³/mol. The van der Waals surface area contributed by atoms with Gasteiger partial charge in [0.1, 0.15) is 5.60 Å². The minimum absolute atomic E-state index is 0.616. The molecule has 1 unspecified atom stereocenters. The van der Waals surface area contributed by atoms with Gasteiger partial charge in [-0.3, -0.25) is 0 Å². The molecule has 0 aliphatic heterocycles. The van der Waals surface area contributed by atoms with E-state index >= 15 is 0 Å². The lowest BCUT2D eigenvalue weighted by Gasteiger charge is -2.44. The van der Waals surface area contributed by atoms with Crippen LogP contribution in [0, 0.1) is 29.6 Å². The number of nitriles is 1. The molecule has 1 aromatic rings. The maximum Gasteiger partial charge on any atom is 0.115 e. The maximum absolute atomic E-state index is 11.0. The highest BCUT2D eigenvalue weighted by Gasteiger charge is 2.51. The number of thiophene rings is 1. The Hall–Kier alpha value is -0.850. The van der Waals surface area contributed by atoms with Crippen molar-refractivity contribution in [3.8, 4) is 6.07 Å². The summed E-state index contributed by atoms with van der Waals surface area (Å²) < 4.78 is 0. The second kappa shape index (κ2) is 4.68. The third kappa shape index (κ3) is 1.98. The molecule has 18 heavy (non-hydrogen) atoms. The first kappa shape index (κ1) is 13.6. The van der Waals surface area contributed by atoms with Crippen molar-refractivity contribution in [2.75, 3.05) is 0 Å². The molecule has 1 saturated carbocycles. The molecule has 0 saturated heterocycles. The van der Waals surface area contributed by atoms with E-state index in [0.29, 0.717) is 5.92 Å². The summed E-state index contributed by atoms with van der Waals surface area (Å²) in [7, 11) is 0. The van der Waals surface area contributed by atoms with Gasteiger partial charge in [-0.2, -0.15) is 5.26 Å². The molecule has 0 amide bonds. The Kier molecular flexibility index (Phi) is 3.53. The highest BCUT2D eigenvalue weighted by molar-refractivity contribution is 7.10. The van der Waals surface area contributed by atoms with E-state index < -0.39 is 11.0 Å². The van der Waals surface area contributed by atoms with E-state index in [2.05, 4.69) is 13.0 Å². The van der Waals surface area contributed by atoms with Crippen LogP contribution in [0.3, 0.4) is 0 Å². The summed E-state index contributed by atoms with van der Waals surface area (Å²) in [6.07, 6.45) is 3.67. The molecule has 1 aliphatic rings. The topological polar surface area (TPSA) is 44.0 Å². The molecule has 1 aliphatic carbocycles. The van der Waals surface area contributed by atoms with Gasteiger partial charge in [0.25, 0.3) is 0 Å². The fourth-order valence-electron chi connectivity index (χ4n) is 3.05. The monoisotopic (exact) mass is 263 g/mol. The lowest BCUT2D eigenvalue weighted by molar-refractivity contribution is -0.0662. The van der Waals surface area contributed by atoms with Crippen LogP contribution < -0.4 is 0 Å². The summed E-state index contributed by atoms with van der Waals surface area (Å²) in [6, 6.07) is 4.47. The molecule has 3 heteroatoms. The van der Waals surface area contributed by atoms with Crippen LogP contribution in [0.15, 0.2) is 11.4 Å². The van der Waals surface area contributed by atoms with Gasteiger partial charge in [-0.05, 0) is 62.5 Å². The van der Waals surface area contributed by atoms with Gasteiger partial charge < -0.3 is 5.11 Å². The second-order valence-electron chi connectivity index (χ2n) is 5.88. The summed E-state index contributed by atoms with van der Waals surface area (Å²) in [5.41, 5.74) is -0.548. The third-order valence-electron chi connectivity index (χ3n) is 4.58. The molecular formula is C15H21NOS. The minimum Gasteiger partial charge on any atom is -0.383 e. The van der Waals surface area contributed by atoms with Crippen LogP contribution in [0.4, 0.5) is 0 Å². The Labute approximate surface area is 113 Å². The predicted octanol–water partition coefficient (Wildman–Crippen LogP) is 3.98. The largest absolute Gasteiger partial charge is 0.383 e.